The monoisotopic (exact) mass is 304 g/mol. The second-order valence-electron chi connectivity index (χ2n) is 5.25. The Morgan fingerprint density at radius 3 is 2.67 bits per heavy atom. The Morgan fingerprint density at radius 1 is 1.33 bits per heavy atom. The SMILES string of the molecule is CC(NC(=O)NCC(C)(O)c1ccsc1)c1ccccc1. The molecule has 1 heterocycles. The lowest BCUT2D eigenvalue weighted by atomic mass is 9.99. The van der Waals surface area contributed by atoms with Crippen LogP contribution in [-0.2, 0) is 5.60 Å². The van der Waals surface area contributed by atoms with Gasteiger partial charge in [0.15, 0.2) is 0 Å². The molecule has 2 atom stereocenters. The smallest absolute Gasteiger partial charge is 0.315 e. The fourth-order valence-electron chi connectivity index (χ4n) is 2.00. The van der Waals surface area contributed by atoms with Crippen molar-refractivity contribution in [1.29, 1.82) is 0 Å². The average Bonchev–Trinajstić information content (AvgIpc) is 3.01. The van der Waals surface area contributed by atoms with Gasteiger partial charge in [-0.2, -0.15) is 11.3 Å². The highest BCUT2D eigenvalue weighted by Crippen LogP contribution is 2.22. The molecule has 112 valence electrons. The van der Waals surface area contributed by atoms with Crippen LogP contribution in [0.4, 0.5) is 4.79 Å². The summed E-state index contributed by atoms with van der Waals surface area (Å²) in [6.07, 6.45) is 0. The van der Waals surface area contributed by atoms with Gasteiger partial charge in [-0.05, 0) is 41.8 Å². The predicted octanol–water partition coefficient (Wildman–Crippen LogP) is 3.02. The standard InChI is InChI=1S/C16H20N2O2S/c1-12(13-6-4-3-5-7-13)18-15(19)17-11-16(2,20)14-8-9-21-10-14/h3-10,12,20H,11H2,1-2H3,(H2,17,18,19). The number of aliphatic hydroxyl groups is 1. The molecule has 0 saturated carbocycles. The van der Waals surface area contributed by atoms with Crippen LogP contribution in [0.1, 0.15) is 31.0 Å². The van der Waals surface area contributed by atoms with Gasteiger partial charge in [-0.15, -0.1) is 0 Å². The van der Waals surface area contributed by atoms with Gasteiger partial charge < -0.3 is 15.7 Å². The van der Waals surface area contributed by atoms with Gasteiger partial charge in [-0.1, -0.05) is 30.3 Å². The molecular weight excluding hydrogens is 284 g/mol. The van der Waals surface area contributed by atoms with Gasteiger partial charge in [-0.3, -0.25) is 0 Å². The molecule has 2 unspecified atom stereocenters. The molecule has 2 rings (SSSR count). The molecular formula is C16H20N2O2S. The summed E-state index contributed by atoms with van der Waals surface area (Å²) in [6, 6.07) is 11.2. The Kier molecular flexibility index (Phi) is 4.98. The van der Waals surface area contributed by atoms with Gasteiger partial charge in [0, 0.05) is 0 Å². The maximum Gasteiger partial charge on any atom is 0.315 e. The Balaban J connectivity index is 1.85. The highest BCUT2D eigenvalue weighted by Gasteiger charge is 2.24. The lowest BCUT2D eigenvalue weighted by molar-refractivity contribution is 0.0597. The second-order valence-corrected chi connectivity index (χ2v) is 6.03. The third-order valence-corrected chi connectivity index (χ3v) is 4.07. The Morgan fingerprint density at radius 2 is 2.05 bits per heavy atom. The van der Waals surface area contributed by atoms with Crippen LogP contribution in [0.2, 0.25) is 0 Å². The molecule has 0 radical (unpaired) electrons. The number of urea groups is 1. The van der Waals surface area contributed by atoms with Crippen molar-refractivity contribution in [3.63, 3.8) is 0 Å². The maximum absolute atomic E-state index is 11.9. The van der Waals surface area contributed by atoms with Crippen molar-refractivity contribution in [1.82, 2.24) is 10.6 Å². The highest BCUT2D eigenvalue weighted by molar-refractivity contribution is 7.08. The van der Waals surface area contributed by atoms with Crippen LogP contribution in [0.5, 0.6) is 0 Å². The van der Waals surface area contributed by atoms with E-state index in [1.54, 1.807) is 6.92 Å². The van der Waals surface area contributed by atoms with E-state index in [9.17, 15) is 9.90 Å². The number of rotatable bonds is 5. The number of benzene rings is 1. The van der Waals surface area contributed by atoms with Gasteiger partial charge in [0.2, 0.25) is 0 Å². The van der Waals surface area contributed by atoms with E-state index in [-0.39, 0.29) is 18.6 Å². The summed E-state index contributed by atoms with van der Waals surface area (Å²) in [5.74, 6) is 0. The summed E-state index contributed by atoms with van der Waals surface area (Å²) in [7, 11) is 0. The normalized spacial score (nSPS) is 15.0. The first kappa shape index (κ1) is 15.5. The third-order valence-electron chi connectivity index (χ3n) is 3.38. The molecule has 0 aliphatic rings. The van der Waals surface area contributed by atoms with E-state index in [4.69, 9.17) is 0 Å². The van der Waals surface area contributed by atoms with Crippen LogP contribution in [0.3, 0.4) is 0 Å². The first-order chi connectivity index (χ1) is 9.99. The first-order valence-electron chi connectivity index (χ1n) is 6.83. The molecule has 2 aromatic rings. The fourth-order valence-corrected chi connectivity index (χ4v) is 2.78. The molecule has 0 spiro atoms. The van der Waals surface area contributed by atoms with E-state index in [1.807, 2.05) is 54.1 Å². The Bertz CT molecular complexity index is 567. The summed E-state index contributed by atoms with van der Waals surface area (Å²) in [5, 5.41) is 19.7. The molecule has 5 heteroatoms. The van der Waals surface area contributed by atoms with E-state index in [1.165, 1.54) is 11.3 Å². The molecule has 4 nitrogen and oxygen atoms in total. The van der Waals surface area contributed by atoms with Crippen molar-refractivity contribution in [2.24, 2.45) is 0 Å². The van der Waals surface area contributed by atoms with E-state index in [0.29, 0.717) is 0 Å². The van der Waals surface area contributed by atoms with E-state index < -0.39 is 5.60 Å². The zero-order valence-corrected chi connectivity index (χ0v) is 13.0. The van der Waals surface area contributed by atoms with Crippen molar-refractivity contribution in [2.75, 3.05) is 6.54 Å². The van der Waals surface area contributed by atoms with Crippen molar-refractivity contribution < 1.29 is 9.90 Å². The minimum atomic E-state index is -1.06. The predicted molar refractivity (Wildman–Crippen MR) is 85.3 cm³/mol. The number of hydrogen-bond donors (Lipinski definition) is 3. The first-order valence-corrected chi connectivity index (χ1v) is 7.78. The van der Waals surface area contributed by atoms with Crippen LogP contribution in [0.25, 0.3) is 0 Å². The van der Waals surface area contributed by atoms with Crippen molar-refractivity contribution in [3.8, 4) is 0 Å². The Hall–Kier alpha value is -1.85. The zero-order valence-electron chi connectivity index (χ0n) is 12.2. The van der Waals surface area contributed by atoms with Crippen LogP contribution in [0, 0.1) is 0 Å². The number of nitrogens with one attached hydrogen (secondary N) is 2. The number of hydrogen-bond acceptors (Lipinski definition) is 3. The van der Waals surface area contributed by atoms with Crippen LogP contribution in [-0.4, -0.2) is 17.7 Å². The molecule has 1 aromatic heterocycles. The molecule has 0 saturated heterocycles. The Labute approximate surface area is 128 Å². The van der Waals surface area contributed by atoms with Gasteiger partial charge in [0.1, 0.15) is 5.60 Å². The van der Waals surface area contributed by atoms with Crippen molar-refractivity contribution in [3.05, 3.63) is 58.3 Å². The second kappa shape index (κ2) is 6.74. The maximum atomic E-state index is 11.9. The number of amides is 2. The molecule has 2 amide bonds. The summed E-state index contributed by atoms with van der Waals surface area (Å²) in [5.41, 5.74) is 0.786. The molecule has 0 fully saturated rings. The molecule has 0 aliphatic carbocycles. The molecule has 3 N–H and O–H groups in total. The van der Waals surface area contributed by atoms with Gasteiger partial charge in [-0.25, -0.2) is 4.79 Å². The quantitative estimate of drug-likeness (QED) is 0.795. The van der Waals surface area contributed by atoms with Crippen LogP contribution in [0.15, 0.2) is 47.2 Å². The summed E-state index contributed by atoms with van der Waals surface area (Å²) in [4.78, 5) is 11.9. The number of carbonyl (C=O) groups is 1. The topological polar surface area (TPSA) is 61.4 Å². The molecule has 0 aliphatic heterocycles. The van der Waals surface area contributed by atoms with E-state index in [0.717, 1.165) is 11.1 Å². The van der Waals surface area contributed by atoms with Gasteiger partial charge in [0.05, 0.1) is 12.6 Å². The fraction of sp³-hybridized carbons (Fsp3) is 0.312. The number of carbonyl (C=O) groups excluding carboxylic acids is 1. The highest BCUT2D eigenvalue weighted by atomic mass is 32.1. The molecule has 1 aromatic carbocycles. The zero-order chi connectivity index (χ0) is 15.3. The van der Waals surface area contributed by atoms with E-state index >= 15 is 0 Å². The third kappa shape index (κ3) is 4.31. The van der Waals surface area contributed by atoms with Crippen molar-refractivity contribution >= 4 is 17.4 Å². The van der Waals surface area contributed by atoms with Crippen LogP contribution < -0.4 is 10.6 Å². The number of thiophene rings is 1. The van der Waals surface area contributed by atoms with Gasteiger partial charge in [0.25, 0.3) is 0 Å². The minimum Gasteiger partial charge on any atom is -0.384 e. The van der Waals surface area contributed by atoms with Crippen molar-refractivity contribution in [2.45, 2.75) is 25.5 Å². The summed E-state index contributed by atoms with van der Waals surface area (Å²) in [6.45, 7) is 3.78. The lowest BCUT2D eigenvalue weighted by Crippen LogP contribution is -2.44. The van der Waals surface area contributed by atoms with E-state index in [2.05, 4.69) is 10.6 Å². The minimum absolute atomic E-state index is 0.0858. The molecule has 21 heavy (non-hydrogen) atoms. The molecule has 0 bridgehead atoms. The van der Waals surface area contributed by atoms with Gasteiger partial charge >= 0.3 is 6.03 Å². The largest absolute Gasteiger partial charge is 0.384 e. The summed E-state index contributed by atoms with van der Waals surface area (Å²) >= 11 is 1.52. The lowest BCUT2D eigenvalue weighted by Gasteiger charge is -2.23. The van der Waals surface area contributed by atoms with Crippen LogP contribution >= 0.6 is 11.3 Å². The average molecular weight is 304 g/mol. The summed E-state index contributed by atoms with van der Waals surface area (Å²) < 4.78 is 0.